The molecule has 0 aliphatic heterocycles. The van der Waals surface area contributed by atoms with E-state index in [0.29, 0.717) is 29.1 Å². The van der Waals surface area contributed by atoms with E-state index >= 15 is 0 Å². The number of sulfonamides is 1. The molecule has 8 heteroatoms. The maximum Gasteiger partial charge on any atom is 0.236 e. The first-order chi connectivity index (χ1) is 17.0. The summed E-state index contributed by atoms with van der Waals surface area (Å²) in [7, 11) is -3.64. The van der Waals surface area contributed by atoms with Gasteiger partial charge in [-0.1, -0.05) is 54.6 Å². The zero-order chi connectivity index (χ0) is 24.4. The number of aliphatic hydroxyl groups excluding tert-OH is 1. The lowest BCUT2D eigenvalue weighted by Gasteiger charge is -2.15. The zero-order valence-corrected chi connectivity index (χ0v) is 19.5. The summed E-state index contributed by atoms with van der Waals surface area (Å²) in [5.74, 6) is -0.131. The van der Waals surface area contributed by atoms with Gasteiger partial charge in [-0.15, -0.1) is 0 Å². The van der Waals surface area contributed by atoms with Crippen molar-refractivity contribution >= 4 is 37.5 Å². The minimum absolute atomic E-state index is 0.131. The molecule has 7 nitrogen and oxygen atoms in total. The van der Waals surface area contributed by atoms with Crippen LogP contribution >= 0.6 is 0 Å². The molecule has 35 heavy (non-hydrogen) atoms. The molecule has 2 heterocycles. The molecule has 0 fully saturated rings. The fourth-order valence-corrected chi connectivity index (χ4v) is 5.49. The third-order valence-electron chi connectivity index (χ3n) is 5.86. The van der Waals surface area contributed by atoms with Gasteiger partial charge in [0.05, 0.1) is 18.9 Å². The summed E-state index contributed by atoms with van der Waals surface area (Å²) in [5.41, 5.74) is 3.55. The highest BCUT2D eigenvalue weighted by atomic mass is 32.2. The van der Waals surface area contributed by atoms with E-state index in [1.807, 2.05) is 71.3 Å². The summed E-state index contributed by atoms with van der Waals surface area (Å²) >= 11 is 0. The van der Waals surface area contributed by atoms with Crippen LogP contribution in [-0.4, -0.2) is 23.1 Å². The minimum Gasteiger partial charge on any atom is -0.390 e. The minimum atomic E-state index is -3.64. The van der Waals surface area contributed by atoms with Crippen molar-refractivity contribution in [3.05, 3.63) is 107 Å². The largest absolute Gasteiger partial charge is 0.390 e. The Kier molecular flexibility index (Phi) is 5.95. The number of fused-ring (bicyclic) bond motifs is 2. The van der Waals surface area contributed by atoms with E-state index in [-0.39, 0.29) is 18.1 Å². The molecule has 0 aliphatic rings. The number of nitrogens with one attached hydrogen (secondary N) is 1. The second kappa shape index (κ2) is 9.22. The Bertz CT molecular complexity index is 1690. The van der Waals surface area contributed by atoms with Crippen molar-refractivity contribution < 1.29 is 13.5 Å². The van der Waals surface area contributed by atoms with Crippen molar-refractivity contribution in [2.75, 3.05) is 4.72 Å². The van der Waals surface area contributed by atoms with E-state index in [1.165, 1.54) is 0 Å². The monoisotopic (exact) mass is 482 g/mol. The second-order valence-corrected chi connectivity index (χ2v) is 10.0. The Labute approximate surface area is 203 Å². The molecule has 2 aromatic heterocycles. The van der Waals surface area contributed by atoms with Crippen LogP contribution in [0.2, 0.25) is 0 Å². The number of aromatic nitrogens is 2. The number of anilines is 1. The van der Waals surface area contributed by atoms with Crippen LogP contribution in [-0.2, 0) is 28.9 Å². The van der Waals surface area contributed by atoms with Gasteiger partial charge in [0, 0.05) is 16.8 Å². The number of hydrogen-bond acceptors (Lipinski definition) is 5. The van der Waals surface area contributed by atoms with Crippen LogP contribution in [0.1, 0.15) is 22.5 Å². The summed E-state index contributed by atoms with van der Waals surface area (Å²) in [6, 6.07) is 27.7. The Morgan fingerprint density at radius 1 is 0.943 bits per heavy atom. The molecule has 0 spiro atoms. The summed E-state index contributed by atoms with van der Waals surface area (Å²) in [6.45, 7) is 0.148. The molecule has 5 rings (SSSR count). The van der Waals surface area contributed by atoms with Gasteiger partial charge >= 0.3 is 0 Å². The molecule has 0 bridgehead atoms. The zero-order valence-electron chi connectivity index (χ0n) is 18.7. The van der Waals surface area contributed by atoms with Gasteiger partial charge in [-0.05, 0) is 52.2 Å². The van der Waals surface area contributed by atoms with Crippen molar-refractivity contribution in [1.82, 2.24) is 9.55 Å². The van der Waals surface area contributed by atoms with Crippen LogP contribution in [0.15, 0.2) is 84.9 Å². The Balaban J connectivity index is 1.57. The van der Waals surface area contributed by atoms with Crippen LogP contribution in [0.5, 0.6) is 0 Å². The molecule has 174 valence electrons. The van der Waals surface area contributed by atoms with Crippen molar-refractivity contribution in [2.45, 2.75) is 18.9 Å². The van der Waals surface area contributed by atoms with E-state index in [4.69, 9.17) is 0 Å². The maximum atomic E-state index is 12.9. The van der Waals surface area contributed by atoms with Crippen LogP contribution in [0.25, 0.3) is 21.8 Å². The number of hydrogen-bond donors (Lipinski definition) is 2. The van der Waals surface area contributed by atoms with E-state index in [9.17, 15) is 18.8 Å². The lowest BCUT2D eigenvalue weighted by atomic mass is 10.0. The van der Waals surface area contributed by atoms with E-state index in [1.54, 1.807) is 18.2 Å². The number of rotatable bonds is 7. The van der Waals surface area contributed by atoms with Crippen LogP contribution in [0.3, 0.4) is 0 Å². The molecule has 0 amide bonds. The van der Waals surface area contributed by atoms with Crippen molar-refractivity contribution in [3.8, 4) is 6.07 Å². The van der Waals surface area contributed by atoms with Gasteiger partial charge < -0.3 is 9.67 Å². The van der Waals surface area contributed by atoms with E-state index < -0.39 is 10.0 Å². The standard InChI is InChI=1S/C27H22N4O3S/c28-15-23-11-10-21-14-25(17-32)31(27(21)29-23)16-22-13-24(12-20-8-4-5-9-26(20)22)30-35(33,34)18-19-6-2-1-3-7-19/h1-14,30,32H,16-18H2. The summed E-state index contributed by atoms with van der Waals surface area (Å²) in [4.78, 5) is 4.45. The number of nitrogens with zero attached hydrogens (tertiary/aromatic N) is 3. The summed E-state index contributed by atoms with van der Waals surface area (Å²) in [5, 5.41) is 21.9. The van der Waals surface area contributed by atoms with Crippen LogP contribution in [0.4, 0.5) is 5.69 Å². The molecule has 2 N–H and O–H groups in total. The third-order valence-corrected chi connectivity index (χ3v) is 7.12. The first-order valence-electron chi connectivity index (χ1n) is 11.0. The molecule has 0 saturated heterocycles. The summed E-state index contributed by atoms with van der Waals surface area (Å²) < 4.78 is 30.4. The van der Waals surface area contributed by atoms with Gasteiger partial charge in [-0.2, -0.15) is 5.26 Å². The molecule has 5 aromatic rings. The first kappa shape index (κ1) is 22.6. The molecule has 0 radical (unpaired) electrons. The predicted octanol–water partition coefficient (Wildman–Crippen LogP) is 4.54. The SMILES string of the molecule is N#Cc1ccc2cc(CO)n(Cc3cc(NS(=O)(=O)Cc4ccccc4)cc4ccccc34)c2n1. The number of pyridine rings is 1. The highest BCUT2D eigenvalue weighted by Crippen LogP contribution is 2.28. The van der Waals surface area contributed by atoms with E-state index in [2.05, 4.69) is 15.8 Å². The fraction of sp³-hybridized carbons (Fsp3) is 0.111. The highest BCUT2D eigenvalue weighted by Gasteiger charge is 2.16. The molecule has 0 saturated carbocycles. The smallest absolute Gasteiger partial charge is 0.236 e. The Hall–Kier alpha value is -4.19. The Morgan fingerprint density at radius 3 is 2.49 bits per heavy atom. The molecule has 0 aliphatic carbocycles. The first-order valence-corrected chi connectivity index (χ1v) is 12.7. The Morgan fingerprint density at radius 2 is 1.71 bits per heavy atom. The van der Waals surface area contributed by atoms with Gasteiger partial charge in [0.15, 0.2) is 0 Å². The quantitative estimate of drug-likeness (QED) is 0.354. The fourth-order valence-electron chi connectivity index (χ4n) is 4.31. The van der Waals surface area contributed by atoms with Gasteiger partial charge in [-0.25, -0.2) is 13.4 Å². The van der Waals surface area contributed by atoms with E-state index in [0.717, 1.165) is 21.7 Å². The average molecular weight is 483 g/mol. The van der Waals surface area contributed by atoms with Crippen LogP contribution < -0.4 is 4.72 Å². The lowest BCUT2D eigenvalue weighted by molar-refractivity contribution is 0.272. The van der Waals surface area contributed by atoms with Crippen molar-refractivity contribution in [2.24, 2.45) is 0 Å². The summed E-state index contributed by atoms with van der Waals surface area (Å²) in [6.07, 6.45) is 0. The van der Waals surface area contributed by atoms with Crippen molar-refractivity contribution in [3.63, 3.8) is 0 Å². The number of benzene rings is 3. The second-order valence-electron chi connectivity index (χ2n) is 8.30. The van der Waals surface area contributed by atoms with Gasteiger partial charge in [-0.3, -0.25) is 4.72 Å². The van der Waals surface area contributed by atoms with Gasteiger partial charge in [0.2, 0.25) is 10.0 Å². The lowest BCUT2D eigenvalue weighted by Crippen LogP contribution is -2.15. The van der Waals surface area contributed by atoms with Gasteiger partial charge in [0.1, 0.15) is 17.4 Å². The number of nitriles is 1. The molecule has 0 unspecified atom stereocenters. The molecule has 3 aromatic carbocycles. The highest BCUT2D eigenvalue weighted by molar-refractivity contribution is 7.91. The molecular formula is C27H22N4O3S. The number of aliphatic hydroxyl groups is 1. The topological polar surface area (TPSA) is 108 Å². The van der Waals surface area contributed by atoms with Gasteiger partial charge in [0.25, 0.3) is 0 Å². The normalized spacial score (nSPS) is 11.5. The maximum absolute atomic E-state index is 12.9. The molecule has 0 atom stereocenters. The van der Waals surface area contributed by atoms with Crippen molar-refractivity contribution in [1.29, 1.82) is 5.26 Å². The van der Waals surface area contributed by atoms with Crippen LogP contribution in [0, 0.1) is 11.3 Å². The third kappa shape index (κ3) is 4.73. The predicted molar refractivity (Wildman–Crippen MR) is 136 cm³/mol. The molecular weight excluding hydrogens is 460 g/mol. The average Bonchev–Trinajstić information content (AvgIpc) is 3.20.